The number of aryl methyl sites for hydroxylation is 1. The van der Waals surface area contributed by atoms with Gasteiger partial charge in [-0.05, 0) is 30.5 Å². The van der Waals surface area contributed by atoms with Crippen molar-refractivity contribution >= 4 is 0 Å². The van der Waals surface area contributed by atoms with Gasteiger partial charge in [-0.25, -0.2) is 0 Å². The lowest BCUT2D eigenvalue weighted by molar-refractivity contribution is 0.283. The first-order valence-electron chi connectivity index (χ1n) is 5.90. The quantitative estimate of drug-likeness (QED) is 0.861. The van der Waals surface area contributed by atoms with Crippen molar-refractivity contribution in [1.29, 1.82) is 0 Å². The molecule has 0 fully saturated rings. The Hall–Kier alpha value is -1.74. The van der Waals surface area contributed by atoms with E-state index in [0.717, 1.165) is 36.5 Å². The molecule has 3 heteroatoms. The van der Waals surface area contributed by atoms with E-state index < -0.39 is 0 Å². The molecule has 1 aromatic heterocycles. The molecule has 0 radical (unpaired) electrons. The van der Waals surface area contributed by atoms with E-state index in [1.165, 1.54) is 5.56 Å². The molecule has 0 amide bonds. The highest BCUT2D eigenvalue weighted by Crippen LogP contribution is 2.34. The average Bonchev–Trinajstić information content (AvgIpc) is 2.91. The van der Waals surface area contributed by atoms with Gasteiger partial charge in [0.05, 0.1) is 18.9 Å². The van der Waals surface area contributed by atoms with Gasteiger partial charge < -0.3 is 14.9 Å². The maximum atomic E-state index is 6.21. The van der Waals surface area contributed by atoms with Gasteiger partial charge in [0.2, 0.25) is 0 Å². The van der Waals surface area contributed by atoms with Crippen LogP contribution in [0.15, 0.2) is 41.0 Å². The number of fused-ring (bicyclic) bond motifs is 1. The zero-order valence-corrected chi connectivity index (χ0v) is 9.56. The van der Waals surface area contributed by atoms with Gasteiger partial charge in [-0.3, -0.25) is 0 Å². The van der Waals surface area contributed by atoms with E-state index in [9.17, 15) is 0 Å². The van der Waals surface area contributed by atoms with Crippen molar-refractivity contribution < 1.29 is 9.15 Å². The van der Waals surface area contributed by atoms with Crippen LogP contribution < -0.4 is 10.5 Å². The molecule has 2 aromatic rings. The normalized spacial score (nSPS) is 16.1. The molecular weight excluding hydrogens is 214 g/mol. The first-order chi connectivity index (χ1) is 8.36. The topological polar surface area (TPSA) is 48.4 Å². The van der Waals surface area contributed by atoms with Gasteiger partial charge in [0.1, 0.15) is 11.5 Å². The van der Waals surface area contributed by atoms with Crippen LogP contribution in [0.1, 0.15) is 29.3 Å². The van der Waals surface area contributed by atoms with Crippen LogP contribution in [-0.2, 0) is 6.42 Å². The third-order valence-electron chi connectivity index (χ3n) is 3.15. The number of nitrogens with two attached hydrogens (primary N) is 1. The van der Waals surface area contributed by atoms with E-state index in [1.807, 2.05) is 24.3 Å². The van der Waals surface area contributed by atoms with Crippen molar-refractivity contribution in [2.45, 2.75) is 18.9 Å². The monoisotopic (exact) mass is 229 g/mol. The van der Waals surface area contributed by atoms with Crippen molar-refractivity contribution in [3.05, 3.63) is 53.5 Å². The zero-order valence-electron chi connectivity index (χ0n) is 9.56. The van der Waals surface area contributed by atoms with Crippen LogP contribution in [0.25, 0.3) is 0 Å². The van der Waals surface area contributed by atoms with Gasteiger partial charge in [-0.2, -0.15) is 0 Å². The molecule has 1 aromatic carbocycles. The van der Waals surface area contributed by atoms with E-state index in [0.29, 0.717) is 0 Å². The van der Waals surface area contributed by atoms with Crippen molar-refractivity contribution in [2.75, 3.05) is 6.61 Å². The fourth-order valence-corrected chi connectivity index (χ4v) is 2.28. The number of benzene rings is 1. The second-order valence-corrected chi connectivity index (χ2v) is 4.28. The van der Waals surface area contributed by atoms with Crippen molar-refractivity contribution in [2.24, 2.45) is 5.73 Å². The predicted molar refractivity (Wildman–Crippen MR) is 65.0 cm³/mol. The summed E-state index contributed by atoms with van der Waals surface area (Å²) in [4.78, 5) is 0. The van der Waals surface area contributed by atoms with Gasteiger partial charge in [0.25, 0.3) is 0 Å². The lowest BCUT2D eigenvalue weighted by Crippen LogP contribution is -2.16. The van der Waals surface area contributed by atoms with Gasteiger partial charge >= 0.3 is 0 Å². The Morgan fingerprint density at radius 1 is 1.18 bits per heavy atom. The van der Waals surface area contributed by atoms with Crippen molar-refractivity contribution in [3.8, 4) is 5.75 Å². The van der Waals surface area contributed by atoms with Crippen molar-refractivity contribution in [1.82, 2.24) is 0 Å². The van der Waals surface area contributed by atoms with Crippen LogP contribution in [0.5, 0.6) is 5.75 Å². The number of ether oxygens (including phenoxy) is 1. The molecule has 1 atom stereocenters. The van der Waals surface area contributed by atoms with Gasteiger partial charge in [0, 0.05) is 5.56 Å². The Balaban J connectivity index is 2.03. The van der Waals surface area contributed by atoms with Crippen LogP contribution in [0.2, 0.25) is 0 Å². The summed E-state index contributed by atoms with van der Waals surface area (Å²) in [5.74, 6) is 1.72. The highest BCUT2D eigenvalue weighted by Gasteiger charge is 2.20. The molecule has 1 unspecified atom stereocenters. The molecule has 0 spiro atoms. The number of rotatable bonds is 2. The lowest BCUT2D eigenvalue weighted by atomic mass is 9.97. The van der Waals surface area contributed by atoms with Gasteiger partial charge in [-0.15, -0.1) is 0 Å². The van der Waals surface area contributed by atoms with E-state index in [2.05, 4.69) is 6.07 Å². The second-order valence-electron chi connectivity index (χ2n) is 4.28. The van der Waals surface area contributed by atoms with Crippen LogP contribution in [-0.4, -0.2) is 6.61 Å². The second kappa shape index (κ2) is 4.26. The predicted octanol–water partition coefficient (Wildman–Crippen LogP) is 2.65. The fraction of sp³-hybridized carbons (Fsp3) is 0.286. The summed E-state index contributed by atoms with van der Waals surface area (Å²) in [6.45, 7) is 0.773. The molecule has 1 aliphatic heterocycles. The van der Waals surface area contributed by atoms with Gasteiger partial charge in [0.15, 0.2) is 0 Å². The molecule has 0 aliphatic carbocycles. The summed E-state index contributed by atoms with van der Waals surface area (Å²) in [5.41, 5.74) is 8.47. The number of hydrogen-bond donors (Lipinski definition) is 1. The van der Waals surface area contributed by atoms with E-state index in [1.54, 1.807) is 6.26 Å². The summed E-state index contributed by atoms with van der Waals surface area (Å²) >= 11 is 0. The summed E-state index contributed by atoms with van der Waals surface area (Å²) in [7, 11) is 0. The summed E-state index contributed by atoms with van der Waals surface area (Å²) in [6.07, 6.45) is 3.78. The third-order valence-corrected chi connectivity index (χ3v) is 3.15. The summed E-state index contributed by atoms with van der Waals surface area (Å²) in [6, 6.07) is 9.65. The first kappa shape index (κ1) is 10.4. The molecule has 0 bridgehead atoms. The smallest absolute Gasteiger partial charge is 0.127 e. The average molecular weight is 229 g/mol. The summed E-state index contributed by atoms with van der Waals surface area (Å²) in [5, 5.41) is 0. The molecule has 0 saturated heterocycles. The van der Waals surface area contributed by atoms with Crippen LogP contribution in [0.3, 0.4) is 0 Å². The maximum Gasteiger partial charge on any atom is 0.127 e. The molecule has 1 aliphatic rings. The molecule has 88 valence electrons. The molecule has 3 rings (SSSR count). The lowest BCUT2D eigenvalue weighted by Gasteiger charge is -2.22. The minimum absolute atomic E-state index is 0.252. The molecular formula is C14H15NO2. The Labute approximate surface area is 100 Å². The molecule has 17 heavy (non-hydrogen) atoms. The van der Waals surface area contributed by atoms with Crippen LogP contribution in [0, 0.1) is 0 Å². The Kier molecular flexibility index (Phi) is 2.61. The molecule has 0 saturated carbocycles. The molecule has 2 N–H and O–H groups in total. The number of para-hydroxylation sites is 1. The third kappa shape index (κ3) is 1.83. The Bertz CT molecular complexity index is 505. The standard InChI is InChI=1S/C14H15NO2/c15-13(12-7-3-8-16-12)11-6-1-4-10-5-2-9-17-14(10)11/h1,3-4,6-8,13H,2,5,9,15H2. The Morgan fingerprint density at radius 3 is 2.94 bits per heavy atom. The van der Waals surface area contributed by atoms with E-state index >= 15 is 0 Å². The van der Waals surface area contributed by atoms with Crippen LogP contribution in [0.4, 0.5) is 0 Å². The molecule has 2 heterocycles. The number of furan rings is 1. The highest BCUT2D eigenvalue weighted by atomic mass is 16.5. The maximum absolute atomic E-state index is 6.21. The first-order valence-corrected chi connectivity index (χ1v) is 5.90. The minimum Gasteiger partial charge on any atom is -0.493 e. The SMILES string of the molecule is NC(c1ccco1)c1cccc2c1OCCC2. The minimum atomic E-state index is -0.252. The number of hydrogen-bond acceptors (Lipinski definition) is 3. The fourth-order valence-electron chi connectivity index (χ4n) is 2.28. The largest absolute Gasteiger partial charge is 0.493 e. The highest BCUT2D eigenvalue weighted by molar-refractivity contribution is 5.46. The Morgan fingerprint density at radius 2 is 2.12 bits per heavy atom. The molecule has 3 nitrogen and oxygen atoms in total. The van der Waals surface area contributed by atoms with Gasteiger partial charge in [-0.1, -0.05) is 18.2 Å². The van der Waals surface area contributed by atoms with E-state index in [-0.39, 0.29) is 6.04 Å². The summed E-state index contributed by atoms with van der Waals surface area (Å²) < 4.78 is 11.1. The zero-order chi connectivity index (χ0) is 11.7. The van der Waals surface area contributed by atoms with Crippen molar-refractivity contribution in [3.63, 3.8) is 0 Å². The van der Waals surface area contributed by atoms with Crippen LogP contribution >= 0.6 is 0 Å². The van der Waals surface area contributed by atoms with E-state index in [4.69, 9.17) is 14.9 Å².